The predicted molar refractivity (Wildman–Crippen MR) is 86.2 cm³/mol. The molecule has 0 aromatic heterocycles. The molecule has 6 heteroatoms. The molecule has 1 atom stereocenters. The van der Waals surface area contributed by atoms with Crippen LogP contribution in [0, 0.1) is 0 Å². The first-order valence-electron chi connectivity index (χ1n) is 5.74. The van der Waals surface area contributed by atoms with E-state index in [0.29, 0.717) is 15.6 Å². The summed E-state index contributed by atoms with van der Waals surface area (Å²) in [6.45, 7) is 0. The van der Waals surface area contributed by atoms with Crippen LogP contribution in [0.25, 0.3) is 0 Å². The molecular formula is C14H11BrCl2N2O. The molecule has 0 spiro atoms. The van der Waals surface area contributed by atoms with Gasteiger partial charge in [0.1, 0.15) is 6.04 Å². The van der Waals surface area contributed by atoms with Gasteiger partial charge in [-0.25, -0.2) is 0 Å². The van der Waals surface area contributed by atoms with E-state index in [0.717, 1.165) is 10.2 Å². The van der Waals surface area contributed by atoms with Gasteiger partial charge < -0.3 is 11.1 Å². The van der Waals surface area contributed by atoms with Gasteiger partial charge in [-0.2, -0.15) is 0 Å². The molecule has 2 aromatic rings. The number of benzene rings is 2. The number of carbonyl (C=O) groups excluding carboxylic acids is 1. The summed E-state index contributed by atoms with van der Waals surface area (Å²) in [5.41, 5.74) is 6.75. The van der Waals surface area contributed by atoms with Crippen LogP contribution in [0.15, 0.2) is 46.9 Å². The van der Waals surface area contributed by atoms with E-state index in [1.807, 2.05) is 24.3 Å². The summed E-state index contributed by atoms with van der Waals surface area (Å²) in [5, 5.41) is 3.99. The summed E-state index contributed by atoms with van der Waals surface area (Å²) in [5.74, 6) is -0.537. The zero-order chi connectivity index (χ0) is 14.7. The van der Waals surface area contributed by atoms with E-state index in [2.05, 4.69) is 21.2 Å². The van der Waals surface area contributed by atoms with E-state index >= 15 is 0 Å². The van der Waals surface area contributed by atoms with Gasteiger partial charge in [0.2, 0.25) is 5.91 Å². The van der Waals surface area contributed by atoms with Crippen molar-refractivity contribution in [1.82, 2.24) is 0 Å². The summed E-state index contributed by atoms with van der Waals surface area (Å²) in [7, 11) is 0. The standard InChI is InChI=1S/C14H11BrCl2N2O/c15-10-3-1-2-4-12(10)19-13(14(18)20)9-7-8(16)5-6-11(9)17/h1-7,13,19H,(H2,18,20). The largest absolute Gasteiger partial charge is 0.369 e. The predicted octanol–water partition coefficient (Wildman–Crippen LogP) is 4.39. The minimum absolute atomic E-state index is 0.428. The molecule has 0 saturated carbocycles. The van der Waals surface area contributed by atoms with Crippen molar-refractivity contribution in [1.29, 1.82) is 0 Å². The molecule has 0 aliphatic heterocycles. The summed E-state index contributed by atoms with van der Waals surface area (Å²) in [6.07, 6.45) is 0. The number of rotatable bonds is 4. The van der Waals surface area contributed by atoms with Gasteiger partial charge in [0.25, 0.3) is 0 Å². The molecule has 3 N–H and O–H groups in total. The lowest BCUT2D eigenvalue weighted by atomic mass is 10.1. The Hall–Kier alpha value is -1.23. The Balaban J connectivity index is 2.40. The van der Waals surface area contributed by atoms with Crippen LogP contribution >= 0.6 is 39.1 Å². The van der Waals surface area contributed by atoms with Gasteiger partial charge in [-0.15, -0.1) is 0 Å². The first kappa shape index (κ1) is 15.2. The van der Waals surface area contributed by atoms with Gasteiger partial charge >= 0.3 is 0 Å². The Morgan fingerprint density at radius 1 is 1.20 bits per heavy atom. The Kier molecular flexibility index (Phi) is 4.91. The highest BCUT2D eigenvalue weighted by Crippen LogP contribution is 2.31. The maximum atomic E-state index is 11.7. The molecule has 3 nitrogen and oxygen atoms in total. The molecule has 0 saturated heterocycles. The van der Waals surface area contributed by atoms with Crippen LogP contribution in [0.5, 0.6) is 0 Å². The Bertz CT molecular complexity index is 649. The van der Waals surface area contributed by atoms with Crippen molar-refractivity contribution in [2.75, 3.05) is 5.32 Å². The molecule has 0 radical (unpaired) electrons. The molecule has 2 rings (SSSR count). The van der Waals surface area contributed by atoms with E-state index in [-0.39, 0.29) is 0 Å². The summed E-state index contributed by atoms with van der Waals surface area (Å²) >= 11 is 15.5. The maximum Gasteiger partial charge on any atom is 0.244 e. The molecule has 2 aromatic carbocycles. The molecule has 0 aliphatic carbocycles. The summed E-state index contributed by atoms with van der Waals surface area (Å²) in [4.78, 5) is 11.7. The van der Waals surface area contributed by atoms with Crippen molar-refractivity contribution in [3.63, 3.8) is 0 Å². The second-order valence-corrected chi connectivity index (χ2v) is 5.82. The van der Waals surface area contributed by atoms with Crippen LogP contribution in [0.1, 0.15) is 11.6 Å². The normalized spacial score (nSPS) is 11.9. The molecule has 20 heavy (non-hydrogen) atoms. The number of nitrogens with one attached hydrogen (secondary N) is 1. The van der Waals surface area contributed by atoms with E-state index in [9.17, 15) is 4.79 Å². The average molecular weight is 374 g/mol. The zero-order valence-electron chi connectivity index (χ0n) is 10.2. The van der Waals surface area contributed by atoms with Crippen molar-refractivity contribution in [3.05, 3.63) is 62.5 Å². The molecule has 0 bridgehead atoms. The minimum Gasteiger partial charge on any atom is -0.369 e. The number of anilines is 1. The quantitative estimate of drug-likeness (QED) is 0.834. The van der Waals surface area contributed by atoms with Crippen LogP contribution in [-0.4, -0.2) is 5.91 Å². The van der Waals surface area contributed by atoms with Crippen molar-refractivity contribution >= 4 is 50.7 Å². The van der Waals surface area contributed by atoms with Crippen LogP contribution in [0.3, 0.4) is 0 Å². The molecule has 104 valence electrons. The maximum absolute atomic E-state index is 11.7. The number of halogens is 3. The third-order valence-corrected chi connectivity index (χ3v) is 4.00. The Morgan fingerprint density at radius 2 is 1.90 bits per heavy atom. The molecule has 0 fully saturated rings. The molecule has 1 amide bonds. The first-order valence-corrected chi connectivity index (χ1v) is 7.29. The fraction of sp³-hybridized carbons (Fsp3) is 0.0714. The molecule has 1 unspecified atom stereocenters. The molecule has 0 heterocycles. The van der Waals surface area contributed by atoms with E-state index in [4.69, 9.17) is 28.9 Å². The van der Waals surface area contributed by atoms with E-state index in [1.165, 1.54) is 0 Å². The molecular weight excluding hydrogens is 363 g/mol. The number of primary amides is 1. The SMILES string of the molecule is NC(=O)C(Nc1ccccc1Br)c1cc(Cl)ccc1Cl. The lowest BCUT2D eigenvalue weighted by molar-refractivity contribution is -0.118. The summed E-state index contributed by atoms with van der Waals surface area (Å²) in [6, 6.07) is 11.6. The van der Waals surface area contributed by atoms with E-state index in [1.54, 1.807) is 18.2 Å². The highest BCUT2D eigenvalue weighted by Gasteiger charge is 2.21. The highest BCUT2D eigenvalue weighted by atomic mass is 79.9. The second-order valence-electron chi connectivity index (χ2n) is 4.13. The monoisotopic (exact) mass is 372 g/mol. The second kappa shape index (κ2) is 6.48. The highest BCUT2D eigenvalue weighted by molar-refractivity contribution is 9.10. The molecule has 0 aliphatic rings. The minimum atomic E-state index is -0.764. The smallest absolute Gasteiger partial charge is 0.244 e. The fourth-order valence-electron chi connectivity index (χ4n) is 1.77. The topological polar surface area (TPSA) is 55.1 Å². The van der Waals surface area contributed by atoms with Gasteiger partial charge in [0.05, 0.1) is 0 Å². The van der Waals surface area contributed by atoms with Gasteiger partial charge in [-0.1, -0.05) is 35.3 Å². The van der Waals surface area contributed by atoms with Crippen molar-refractivity contribution in [2.45, 2.75) is 6.04 Å². The Morgan fingerprint density at radius 3 is 2.55 bits per heavy atom. The van der Waals surface area contributed by atoms with E-state index < -0.39 is 11.9 Å². The Labute approximate surface area is 135 Å². The van der Waals surface area contributed by atoms with Gasteiger partial charge in [-0.05, 0) is 46.3 Å². The van der Waals surface area contributed by atoms with Crippen molar-refractivity contribution < 1.29 is 4.79 Å². The average Bonchev–Trinajstić information content (AvgIpc) is 2.40. The zero-order valence-corrected chi connectivity index (χ0v) is 13.3. The number of para-hydroxylation sites is 1. The third kappa shape index (κ3) is 3.45. The van der Waals surface area contributed by atoms with Crippen LogP contribution < -0.4 is 11.1 Å². The van der Waals surface area contributed by atoms with Crippen molar-refractivity contribution in [2.24, 2.45) is 5.73 Å². The summed E-state index contributed by atoms with van der Waals surface area (Å²) < 4.78 is 0.824. The lowest BCUT2D eigenvalue weighted by Crippen LogP contribution is -2.28. The van der Waals surface area contributed by atoms with Crippen molar-refractivity contribution in [3.8, 4) is 0 Å². The van der Waals surface area contributed by atoms with Crippen LogP contribution in [0.4, 0.5) is 5.69 Å². The number of amides is 1. The van der Waals surface area contributed by atoms with Gasteiger partial charge in [-0.3, -0.25) is 4.79 Å². The number of nitrogens with two attached hydrogens (primary N) is 1. The van der Waals surface area contributed by atoms with Crippen LogP contribution in [0.2, 0.25) is 10.0 Å². The van der Waals surface area contributed by atoms with Gasteiger partial charge in [0, 0.05) is 25.8 Å². The number of carbonyl (C=O) groups is 1. The number of hydrogen-bond acceptors (Lipinski definition) is 2. The lowest BCUT2D eigenvalue weighted by Gasteiger charge is -2.19. The first-order chi connectivity index (χ1) is 9.49. The van der Waals surface area contributed by atoms with Gasteiger partial charge in [0.15, 0.2) is 0 Å². The third-order valence-electron chi connectivity index (χ3n) is 2.73. The number of hydrogen-bond donors (Lipinski definition) is 2. The fourth-order valence-corrected chi connectivity index (χ4v) is 2.58. The van der Waals surface area contributed by atoms with Crippen LogP contribution in [-0.2, 0) is 4.79 Å².